The normalized spacial score (nSPS) is 11.9. The largest absolute Gasteiger partial charge is 0.490 e. The van der Waals surface area contributed by atoms with Crippen molar-refractivity contribution in [2.45, 2.75) is 78.9 Å². The summed E-state index contributed by atoms with van der Waals surface area (Å²) < 4.78 is 11.5. The van der Waals surface area contributed by atoms with Gasteiger partial charge in [0.25, 0.3) is 0 Å². The number of ether oxygens (including phenoxy) is 2. The lowest BCUT2D eigenvalue weighted by Gasteiger charge is -2.34. The third-order valence-electron chi connectivity index (χ3n) is 6.61. The summed E-state index contributed by atoms with van der Waals surface area (Å²) in [6, 6.07) is 23.1. The first-order valence-electron chi connectivity index (χ1n) is 14.2. The molecule has 0 saturated carbocycles. The van der Waals surface area contributed by atoms with Crippen LogP contribution >= 0.6 is 0 Å². The van der Waals surface area contributed by atoms with Crippen molar-refractivity contribution in [2.24, 2.45) is 0 Å². The van der Waals surface area contributed by atoms with Gasteiger partial charge in [-0.2, -0.15) is 0 Å². The van der Waals surface area contributed by atoms with Gasteiger partial charge in [0.05, 0.1) is 13.2 Å². The predicted molar refractivity (Wildman–Crippen MR) is 161 cm³/mol. The van der Waals surface area contributed by atoms with Crippen molar-refractivity contribution >= 4 is 11.8 Å². The molecule has 0 fully saturated rings. The topological polar surface area (TPSA) is 67.9 Å². The Morgan fingerprint density at radius 1 is 0.850 bits per heavy atom. The molecule has 0 spiro atoms. The molecule has 0 aliphatic carbocycles. The summed E-state index contributed by atoms with van der Waals surface area (Å²) in [7, 11) is 0. The number of carbonyl (C=O) groups is 2. The molecule has 0 aliphatic rings. The smallest absolute Gasteiger partial charge is 0.243 e. The van der Waals surface area contributed by atoms with Crippen molar-refractivity contribution in [1.29, 1.82) is 0 Å². The molecule has 1 unspecified atom stereocenters. The SMILES string of the molecule is CCOc1ccc(CCC(=O)N(Cc2ccccc2C)C(Cc2ccccc2)C(=O)NC(C)(C)C)cc1OCC. The van der Waals surface area contributed by atoms with Crippen LogP contribution in [0.2, 0.25) is 0 Å². The lowest BCUT2D eigenvalue weighted by atomic mass is 9.99. The van der Waals surface area contributed by atoms with E-state index >= 15 is 0 Å². The molecule has 3 aromatic carbocycles. The van der Waals surface area contributed by atoms with Gasteiger partial charge >= 0.3 is 0 Å². The highest BCUT2D eigenvalue weighted by atomic mass is 16.5. The number of carbonyl (C=O) groups excluding carboxylic acids is 2. The van der Waals surface area contributed by atoms with E-state index in [0.29, 0.717) is 44.1 Å². The molecule has 0 heterocycles. The zero-order valence-corrected chi connectivity index (χ0v) is 24.8. The van der Waals surface area contributed by atoms with Gasteiger partial charge in [0.1, 0.15) is 6.04 Å². The second-order valence-electron chi connectivity index (χ2n) is 11.0. The number of nitrogens with zero attached hydrogens (tertiary/aromatic N) is 1. The van der Waals surface area contributed by atoms with Gasteiger partial charge in [-0.15, -0.1) is 0 Å². The second kappa shape index (κ2) is 14.5. The molecular formula is C34H44N2O4. The lowest BCUT2D eigenvalue weighted by Crippen LogP contribution is -2.54. The van der Waals surface area contributed by atoms with Crippen molar-refractivity contribution in [2.75, 3.05) is 13.2 Å². The quantitative estimate of drug-likeness (QED) is 0.275. The maximum absolute atomic E-state index is 14.0. The lowest BCUT2D eigenvalue weighted by molar-refractivity contribution is -0.141. The van der Waals surface area contributed by atoms with Crippen LogP contribution in [0.4, 0.5) is 0 Å². The Labute approximate surface area is 239 Å². The number of hydrogen-bond donors (Lipinski definition) is 1. The first-order chi connectivity index (χ1) is 19.1. The number of hydrogen-bond acceptors (Lipinski definition) is 4. The average Bonchev–Trinajstić information content (AvgIpc) is 2.91. The standard InChI is InChI=1S/C34H44N2O4/c1-7-39-30-20-18-27(23-31(30)40-8-2)19-21-32(37)36(24-28-17-13-12-14-25(28)3)29(33(38)35-34(4,5)6)22-26-15-10-9-11-16-26/h9-18,20,23,29H,7-8,19,21-22,24H2,1-6H3,(H,35,38). The van der Waals surface area contributed by atoms with Crippen molar-refractivity contribution in [3.8, 4) is 11.5 Å². The zero-order chi connectivity index (χ0) is 29.1. The van der Waals surface area contributed by atoms with Crippen LogP contribution in [0.3, 0.4) is 0 Å². The molecule has 3 rings (SSSR count). The molecule has 0 radical (unpaired) electrons. The highest BCUT2D eigenvalue weighted by molar-refractivity contribution is 5.88. The van der Waals surface area contributed by atoms with Gasteiger partial charge in [-0.05, 0) is 82.3 Å². The number of amides is 2. The number of benzene rings is 3. The van der Waals surface area contributed by atoms with Gasteiger partial charge < -0.3 is 19.7 Å². The number of rotatable bonds is 13. The summed E-state index contributed by atoms with van der Waals surface area (Å²) in [6.45, 7) is 13.2. The van der Waals surface area contributed by atoms with Crippen molar-refractivity contribution < 1.29 is 19.1 Å². The van der Waals surface area contributed by atoms with Gasteiger partial charge in [0, 0.05) is 24.9 Å². The second-order valence-corrected chi connectivity index (χ2v) is 11.0. The highest BCUT2D eigenvalue weighted by Crippen LogP contribution is 2.29. The minimum absolute atomic E-state index is 0.0694. The molecule has 2 amide bonds. The van der Waals surface area contributed by atoms with Gasteiger partial charge in [-0.25, -0.2) is 0 Å². The molecule has 214 valence electrons. The van der Waals surface area contributed by atoms with E-state index in [1.54, 1.807) is 4.90 Å². The first kappa shape index (κ1) is 30.7. The van der Waals surface area contributed by atoms with E-state index in [1.165, 1.54) is 0 Å². The van der Waals surface area contributed by atoms with Gasteiger partial charge in [-0.3, -0.25) is 9.59 Å². The number of nitrogens with one attached hydrogen (secondary N) is 1. The van der Waals surface area contributed by atoms with E-state index in [9.17, 15) is 9.59 Å². The summed E-state index contributed by atoms with van der Waals surface area (Å²) in [5.74, 6) is 1.15. The van der Waals surface area contributed by atoms with E-state index in [1.807, 2.05) is 114 Å². The summed E-state index contributed by atoms with van der Waals surface area (Å²) in [4.78, 5) is 29.5. The summed E-state index contributed by atoms with van der Waals surface area (Å²) in [6.07, 6.45) is 1.21. The van der Waals surface area contributed by atoms with Crippen LogP contribution in [0.15, 0.2) is 72.8 Å². The van der Waals surface area contributed by atoms with E-state index in [-0.39, 0.29) is 18.2 Å². The fraction of sp³-hybridized carbons (Fsp3) is 0.412. The van der Waals surface area contributed by atoms with Crippen LogP contribution in [0.5, 0.6) is 11.5 Å². The van der Waals surface area contributed by atoms with Crippen LogP contribution in [0.1, 0.15) is 63.3 Å². The average molecular weight is 545 g/mol. The molecule has 1 atom stereocenters. The summed E-state index contributed by atoms with van der Waals surface area (Å²) in [5, 5.41) is 3.13. The molecule has 6 heteroatoms. The molecule has 0 aliphatic heterocycles. The Bertz CT molecular complexity index is 1250. The molecule has 40 heavy (non-hydrogen) atoms. The van der Waals surface area contributed by atoms with Crippen molar-refractivity contribution in [3.05, 3.63) is 95.1 Å². The molecule has 6 nitrogen and oxygen atoms in total. The first-order valence-corrected chi connectivity index (χ1v) is 14.2. The van der Waals surface area contributed by atoms with Crippen molar-refractivity contribution in [1.82, 2.24) is 10.2 Å². The van der Waals surface area contributed by atoms with E-state index in [2.05, 4.69) is 5.32 Å². The minimum Gasteiger partial charge on any atom is -0.490 e. The van der Waals surface area contributed by atoms with Crippen LogP contribution in [-0.2, 0) is 29.0 Å². The highest BCUT2D eigenvalue weighted by Gasteiger charge is 2.32. The molecule has 3 aromatic rings. The third kappa shape index (κ3) is 9.15. The minimum atomic E-state index is -0.659. The van der Waals surface area contributed by atoms with E-state index < -0.39 is 11.6 Å². The Morgan fingerprint density at radius 2 is 1.50 bits per heavy atom. The van der Waals surface area contributed by atoms with Crippen LogP contribution in [0.25, 0.3) is 0 Å². The monoisotopic (exact) mass is 544 g/mol. The van der Waals surface area contributed by atoms with Crippen LogP contribution in [0, 0.1) is 6.92 Å². The molecule has 0 bridgehead atoms. The van der Waals surface area contributed by atoms with Gasteiger partial charge in [0.2, 0.25) is 11.8 Å². The maximum Gasteiger partial charge on any atom is 0.243 e. The predicted octanol–water partition coefficient (Wildman–Crippen LogP) is 6.28. The fourth-order valence-electron chi connectivity index (χ4n) is 4.62. The van der Waals surface area contributed by atoms with Crippen LogP contribution in [-0.4, -0.2) is 41.5 Å². The third-order valence-corrected chi connectivity index (χ3v) is 6.61. The Morgan fingerprint density at radius 3 is 2.15 bits per heavy atom. The maximum atomic E-state index is 14.0. The summed E-state index contributed by atoms with van der Waals surface area (Å²) in [5.41, 5.74) is 3.67. The van der Waals surface area contributed by atoms with Gasteiger partial charge in [0.15, 0.2) is 11.5 Å². The molecular weight excluding hydrogens is 500 g/mol. The van der Waals surface area contributed by atoms with Crippen molar-refractivity contribution in [3.63, 3.8) is 0 Å². The number of aryl methyl sites for hydroxylation is 2. The van der Waals surface area contributed by atoms with Gasteiger partial charge in [-0.1, -0.05) is 60.7 Å². The Kier molecular flexibility index (Phi) is 11.2. The summed E-state index contributed by atoms with van der Waals surface area (Å²) >= 11 is 0. The van der Waals surface area contributed by atoms with E-state index in [0.717, 1.165) is 22.3 Å². The molecule has 0 saturated heterocycles. The Hall–Kier alpha value is -3.80. The zero-order valence-electron chi connectivity index (χ0n) is 24.8. The fourth-order valence-corrected chi connectivity index (χ4v) is 4.62. The van der Waals surface area contributed by atoms with Crippen LogP contribution < -0.4 is 14.8 Å². The molecule has 0 aromatic heterocycles. The Balaban J connectivity index is 1.93. The molecule has 1 N–H and O–H groups in total. The van der Waals surface area contributed by atoms with E-state index in [4.69, 9.17) is 9.47 Å².